The van der Waals surface area contributed by atoms with Gasteiger partial charge in [-0.05, 0) is 79.1 Å². The summed E-state index contributed by atoms with van der Waals surface area (Å²) in [7, 11) is 7.86. The molecule has 266 valence electrons. The Morgan fingerprint density at radius 1 is 0.667 bits per heavy atom. The molecule has 0 radical (unpaired) electrons. The molecule has 2 heterocycles. The molecule has 0 saturated carbocycles. The predicted molar refractivity (Wildman–Crippen MR) is 192 cm³/mol. The van der Waals surface area contributed by atoms with Crippen molar-refractivity contribution >= 4 is 23.2 Å². The van der Waals surface area contributed by atoms with Crippen LogP contribution in [0.1, 0.15) is 34.9 Å². The highest BCUT2D eigenvalue weighted by molar-refractivity contribution is 6.31. The van der Waals surface area contributed by atoms with Gasteiger partial charge in [0, 0.05) is 27.9 Å². The highest BCUT2D eigenvalue weighted by atomic mass is 35.5. The number of aromatic nitrogens is 1. The lowest BCUT2D eigenvalue weighted by molar-refractivity contribution is 0.0935. The quantitative estimate of drug-likeness (QED) is 0.103. The summed E-state index contributed by atoms with van der Waals surface area (Å²) in [6.45, 7) is 0.886. The van der Waals surface area contributed by atoms with Crippen LogP contribution in [-0.2, 0) is 0 Å². The Morgan fingerprint density at radius 2 is 1.33 bits per heavy atom. The van der Waals surface area contributed by atoms with Gasteiger partial charge < -0.3 is 48.3 Å². The summed E-state index contributed by atoms with van der Waals surface area (Å²) in [5.74, 6) is 4.20. The topological polar surface area (TPSA) is 132 Å². The summed E-state index contributed by atoms with van der Waals surface area (Å²) in [6.07, 6.45) is 1.02. The number of rotatable bonds is 15. The fraction of sp³-hybridized carbons (Fsp3) is 0.263. The van der Waals surface area contributed by atoms with E-state index in [1.807, 2.05) is 54.6 Å². The third kappa shape index (κ3) is 7.71. The summed E-state index contributed by atoms with van der Waals surface area (Å²) in [5, 5.41) is 11.1. The molecule has 4 aromatic carbocycles. The van der Waals surface area contributed by atoms with Gasteiger partial charge in [0.2, 0.25) is 5.75 Å². The number of hydrogen-bond acceptors (Lipinski definition) is 11. The van der Waals surface area contributed by atoms with E-state index in [0.717, 1.165) is 29.5 Å². The van der Waals surface area contributed by atoms with Crippen molar-refractivity contribution in [1.29, 1.82) is 0 Å². The van der Waals surface area contributed by atoms with Crippen molar-refractivity contribution in [3.8, 4) is 62.8 Å². The van der Waals surface area contributed by atoms with Crippen LogP contribution in [0, 0.1) is 0 Å². The number of amides is 1. The molecule has 12 nitrogen and oxygen atoms in total. The third-order valence-electron chi connectivity index (χ3n) is 8.30. The van der Waals surface area contributed by atoms with Gasteiger partial charge in [0.25, 0.3) is 5.91 Å². The molecule has 1 aliphatic heterocycles. The first-order chi connectivity index (χ1) is 24.8. The molecule has 1 aromatic heterocycles. The molecule has 1 amide bonds. The number of halogens is 1. The Hall–Kier alpha value is -5.75. The van der Waals surface area contributed by atoms with E-state index in [-0.39, 0.29) is 5.91 Å². The number of nitrogens with zero attached hydrogens (tertiary/aromatic N) is 1. The van der Waals surface area contributed by atoms with Crippen LogP contribution < -0.4 is 43.8 Å². The summed E-state index contributed by atoms with van der Waals surface area (Å²) in [5.41, 5.74) is 4.14. The van der Waals surface area contributed by atoms with Gasteiger partial charge in [-0.25, -0.2) is 0 Å². The molecule has 51 heavy (non-hydrogen) atoms. The van der Waals surface area contributed by atoms with Crippen molar-refractivity contribution < 1.29 is 42.5 Å². The monoisotopic (exact) mass is 715 g/mol. The van der Waals surface area contributed by atoms with Crippen molar-refractivity contribution in [3.05, 3.63) is 88.9 Å². The molecule has 6 rings (SSSR count). The second-order valence-electron chi connectivity index (χ2n) is 11.4. The lowest BCUT2D eigenvalue weighted by Gasteiger charge is -2.28. The van der Waals surface area contributed by atoms with E-state index in [9.17, 15) is 4.79 Å². The normalized spacial score (nSPS) is 13.4. The van der Waals surface area contributed by atoms with Crippen molar-refractivity contribution in [2.75, 3.05) is 54.1 Å². The van der Waals surface area contributed by atoms with Crippen molar-refractivity contribution in [2.45, 2.75) is 19.0 Å². The summed E-state index contributed by atoms with van der Waals surface area (Å²) < 4.78 is 45.4. The van der Waals surface area contributed by atoms with E-state index in [2.05, 4.69) is 15.8 Å². The zero-order valence-corrected chi connectivity index (χ0v) is 29.6. The maximum atomic E-state index is 12.7. The molecule has 0 bridgehead atoms. The Balaban J connectivity index is 1.04. The van der Waals surface area contributed by atoms with Crippen LogP contribution in [0.3, 0.4) is 0 Å². The molecule has 13 heteroatoms. The first-order valence-electron chi connectivity index (χ1n) is 16.1. The second-order valence-corrected chi connectivity index (χ2v) is 11.8. The van der Waals surface area contributed by atoms with Gasteiger partial charge in [0.05, 0.1) is 54.3 Å². The summed E-state index contributed by atoms with van der Waals surface area (Å²) >= 11 is 6.06. The Bertz CT molecular complexity index is 1990. The molecule has 1 atom stereocenters. The first-order valence-corrected chi connectivity index (χ1v) is 16.5. The first kappa shape index (κ1) is 35.1. The molecule has 0 fully saturated rings. The number of carbonyl (C=O) groups is 1. The molecule has 1 aliphatic rings. The fourth-order valence-electron chi connectivity index (χ4n) is 5.67. The average molecular weight is 716 g/mol. The van der Waals surface area contributed by atoms with Crippen LogP contribution in [0.4, 0.5) is 5.69 Å². The number of fused-ring (bicyclic) bond motifs is 1. The van der Waals surface area contributed by atoms with Crippen molar-refractivity contribution in [3.63, 3.8) is 0 Å². The third-order valence-corrected chi connectivity index (χ3v) is 8.53. The number of hydrogen-bond donors (Lipinski definition) is 2. The van der Waals surface area contributed by atoms with Gasteiger partial charge >= 0.3 is 0 Å². The zero-order valence-electron chi connectivity index (χ0n) is 28.8. The van der Waals surface area contributed by atoms with E-state index in [1.54, 1.807) is 53.7 Å². The van der Waals surface area contributed by atoms with Crippen molar-refractivity contribution in [1.82, 2.24) is 10.5 Å². The second kappa shape index (κ2) is 15.9. The standard InChI is InChI=1S/C38H38ClN3O9/c1-44-29-12-8-22(31-21-28(42-51-31)24-18-34(46-3)36(48-5)35(19-24)47-4)16-33(29)50-15-7-6-14-49-30-13-9-23(17-32(30)45-2)37-40-27-11-10-25(39)20-26(27)38(43)41-37/h8-13,16-21,37,40H,6-7,14-15H2,1-5H3,(H,41,43). The van der Waals surface area contributed by atoms with Crippen LogP contribution in [-0.4, -0.2) is 59.8 Å². The number of carbonyl (C=O) groups excluding carboxylic acids is 1. The van der Waals surface area contributed by atoms with E-state index < -0.39 is 6.17 Å². The van der Waals surface area contributed by atoms with Gasteiger partial charge in [-0.3, -0.25) is 4.79 Å². The highest BCUT2D eigenvalue weighted by Gasteiger charge is 2.26. The largest absolute Gasteiger partial charge is 0.493 e. The fourth-order valence-corrected chi connectivity index (χ4v) is 5.84. The minimum atomic E-state index is -0.436. The van der Waals surface area contributed by atoms with Gasteiger partial charge in [-0.2, -0.15) is 0 Å². The van der Waals surface area contributed by atoms with Gasteiger partial charge in [-0.15, -0.1) is 0 Å². The summed E-state index contributed by atoms with van der Waals surface area (Å²) in [4.78, 5) is 12.7. The number of nitrogens with one attached hydrogen (secondary N) is 2. The molecule has 1 unspecified atom stereocenters. The zero-order chi connectivity index (χ0) is 35.9. The van der Waals surface area contributed by atoms with Crippen LogP contribution >= 0.6 is 11.6 Å². The Labute approximate surface area is 300 Å². The maximum Gasteiger partial charge on any atom is 0.255 e. The van der Waals surface area contributed by atoms with Gasteiger partial charge in [0.1, 0.15) is 11.9 Å². The Kier molecular flexibility index (Phi) is 10.9. The molecule has 0 aliphatic carbocycles. The SMILES string of the molecule is COc1cc(C2NC(=O)c3cc(Cl)ccc3N2)ccc1OCCCCOc1cc(-c2cc(-c3cc(OC)c(OC)c(OC)c3)no2)ccc1OC. The number of methoxy groups -OCH3 is 5. The number of anilines is 1. The Morgan fingerprint density at radius 3 is 2.02 bits per heavy atom. The lowest BCUT2D eigenvalue weighted by Crippen LogP contribution is -2.38. The highest BCUT2D eigenvalue weighted by Crippen LogP contribution is 2.42. The molecular formula is C38H38ClN3O9. The van der Waals surface area contributed by atoms with Crippen LogP contribution in [0.15, 0.2) is 77.3 Å². The van der Waals surface area contributed by atoms with Gasteiger partial charge in [0.15, 0.2) is 40.3 Å². The minimum Gasteiger partial charge on any atom is -0.493 e. The molecular weight excluding hydrogens is 678 g/mol. The van der Waals surface area contributed by atoms with E-state index >= 15 is 0 Å². The van der Waals surface area contributed by atoms with Crippen LogP contribution in [0.25, 0.3) is 22.6 Å². The molecule has 0 spiro atoms. The van der Waals surface area contributed by atoms with E-state index in [1.165, 1.54) is 0 Å². The number of benzene rings is 4. The van der Waals surface area contributed by atoms with Gasteiger partial charge in [-0.1, -0.05) is 22.8 Å². The lowest BCUT2D eigenvalue weighted by atomic mass is 10.1. The minimum absolute atomic E-state index is 0.207. The molecule has 0 saturated heterocycles. The predicted octanol–water partition coefficient (Wildman–Crippen LogP) is 7.80. The van der Waals surface area contributed by atoms with E-state index in [4.69, 9.17) is 49.3 Å². The molecule has 2 N–H and O–H groups in total. The van der Waals surface area contributed by atoms with E-state index in [0.29, 0.717) is 81.2 Å². The summed E-state index contributed by atoms with van der Waals surface area (Å²) in [6, 6.07) is 21.8. The molecule has 5 aromatic rings. The average Bonchev–Trinajstić information content (AvgIpc) is 3.66. The maximum absolute atomic E-state index is 12.7. The van der Waals surface area contributed by atoms with Crippen molar-refractivity contribution in [2.24, 2.45) is 0 Å². The van der Waals surface area contributed by atoms with Crippen LogP contribution in [0.5, 0.6) is 40.2 Å². The number of ether oxygens (including phenoxy) is 7. The van der Waals surface area contributed by atoms with Crippen LogP contribution in [0.2, 0.25) is 5.02 Å². The number of unbranched alkanes of at least 4 members (excludes halogenated alkanes) is 1. The smallest absolute Gasteiger partial charge is 0.255 e.